The van der Waals surface area contributed by atoms with E-state index >= 15 is 0 Å². The van der Waals surface area contributed by atoms with Crippen molar-refractivity contribution in [1.82, 2.24) is 0 Å². The average molecular weight is 203 g/mol. The number of aliphatic hydroxyl groups is 1. The number of hydrogen-bond donors (Lipinski definition) is 2. The first kappa shape index (κ1) is 13.9. The largest absolute Gasteiger partial charge is 0.393 e. The third-order valence-corrected chi connectivity index (χ3v) is 2.38. The fraction of sp³-hybridized carbons (Fsp3) is 1.00. The molecule has 0 saturated heterocycles. The van der Waals surface area contributed by atoms with Crippen LogP contribution in [0, 0.1) is 11.8 Å². The number of aliphatic hydroxyl groups excluding tert-OH is 1. The van der Waals surface area contributed by atoms with Gasteiger partial charge in [0.1, 0.15) is 0 Å². The van der Waals surface area contributed by atoms with Gasteiger partial charge in [0.05, 0.1) is 6.10 Å². The molecule has 0 saturated carbocycles. The van der Waals surface area contributed by atoms with Crippen LogP contribution in [0.1, 0.15) is 33.6 Å². The zero-order chi connectivity index (χ0) is 11.0. The predicted molar refractivity (Wildman–Crippen MR) is 59.1 cm³/mol. The van der Waals surface area contributed by atoms with Crippen molar-refractivity contribution >= 4 is 0 Å². The fourth-order valence-electron chi connectivity index (χ4n) is 1.60. The molecule has 0 bridgehead atoms. The molecule has 14 heavy (non-hydrogen) atoms. The van der Waals surface area contributed by atoms with Gasteiger partial charge in [-0.1, -0.05) is 13.8 Å². The Balaban J connectivity index is 3.73. The van der Waals surface area contributed by atoms with E-state index in [-0.39, 0.29) is 12.0 Å². The minimum atomic E-state index is -0.311. The predicted octanol–water partition coefficient (Wildman–Crippen LogP) is 1.39. The Hall–Kier alpha value is -0.120. The Morgan fingerprint density at radius 1 is 1.36 bits per heavy atom. The number of hydrogen-bond acceptors (Lipinski definition) is 3. The minimum absolute atomic E-state index is 0.218. The van der Waals surface area contributed by atoms with Crippen LogP contribution in [-0.2, 0) is 4.74 Å². The highest BCUT2D eigenvalue weighted by molar-refractivity contribution is 4.71. The molecule has 3 N–H and O–H groups in total. The lowest BCUT2D eigenvalue weighted by atomic mass is 9.91. The van der Waals surface area contributed by atoms with Crippen molar-refractivity contribution in [2.45, 2.75) is 39.7 Å². The van der Waals surface area contributed by atoms with Gasteiger partial charge in [-0.3, -0.25) is 0 Å². The second kappa shape index (κ2) is 8.21. The zero-order valence-corrected chi connectivity index (χ0v) is 9.70. The van der Waals surface area contributed by atoms with Crippen molar-refractivity contribution < 1.29 is 9.84 Å². The average Bonchev–Trinajstić information content (AvgIpc) is 2.14. The number of rotatable bonds is 8. The van der Waals surface area contributed by atoms with E-state index in [9.17, 15) is 5.11 Å². The van der Waals surface area contributed by atoms with Crippen molar-refractivity contribution in [2.24, 2.45) is 17.6 Å². The summed E-state index contributed by atoms with van der Waals surface area (Å²) in [5.74, 6) is 0.806. The third-order valence-electron chi connectivity index (χ3n) is 2.38. The summed E-state index contributed by atoms with van der Waals surface area (Å²) in [6, 6.07) is 0. The maximum absolute atomic E-state index is 9.82. The molecule has 3 nitrogen and oxygen atoms in total. The second-order valence-electron chi connectivity index (χ2n) is 4.18. The summed E-state index contributed by atoms with van der Waals surface area (Å²) >= 11 is 0. The van der Waals surface area contributed by atoms with Crippen LogP contribution in [0.2, 0.25) is 0 Å². The summed E-state index contributed by atoms with van der Waals surface area (Å²) in [7, 11) is 0. The lowest BCUT2D eigenvalue weighted by Gasteiger charge is -2.22. The van der Waals surface area contributed by atoms with E-state index in [0.29, 0.717) is 32.1 Å². The molecule has 0 amide bonds. The number of ether oxygens (including phenoxy) is 1. The molecule has 3 heteroatoms. The van der Waals surface area contributed by atoms with E-state index in [0.717, 1.165) is 6.42 Å². The van der Waals surface area contributed by atoms with Crippen molar-refractivity contribution in [2.75, 3.05) is 19.8 Å². The van der Waals surface area contributed by atoms with Crippen LogP contribution >= 0.6 is 0 Å². The lowest BCUT2D eigenvalue weighted by Crippen LogP contribution is -2.30. The maximum Gasteiger partial charge on any atom is 0.0602 e. The summed E-state index contributed by atoms with van der Waals surface area (Å²) < 4.78 is 5.20. The summed E-state index contributed by atoms with van der Waals surface area (Å²) in [5, 5.41) is 9.82. The van der Waals surface area contributed by atoms with Crippen molar-refractivity contribution in [1.29, 1.82) is 0 Å². The summed E-state index contributed by atoms with van der Waals surface area (Å²) in [6.45, 7) is 8.17. The smallest absolute Gasteiger partial charge is 0.0602 e. The molecule has 0 radical (unpaired) electrons. The molecular weight excluding hydrogens is 178 g/mol. The normalized spacial score (nSPS) is 15.9. The van der Waals surface area contributed by atoms with E-state index in [2.05, 4.69) is 13.8 Å². The highest BCUT2D eigenvalue weighted by Crippen LogP contribution is 2.16. The number of nitrogens with two attached hydrogens (primary N) is 1. The molecule has 0 aliphatic rings. The quantitative estimate of drug-likeness (QED) is 0.586. The van der Waals surface area contributed by atoms with Crippen LogP contribution in [0.4, 0.5) is 0 Å². The Morgan fingerprint density at radius 2 is 2.00 bits per heavy atom. The summed E-state index contributed by atoms with van der Waals surface area (Å²) in [4.78, 5) is 0. The van der Waals surface area contributed by atoms with Crippen LogP contribution in [0.5, 0.6) is 0 Å². The van der Waals surface area contributed by atoms with Crippen LogP contribution in [0.3, 0.4) is 0 Å². The van der Waals surface area contributed by atoms with Crippen LogP contribution < -0.4 is 5.73 Å². The molecule has 86 valence electrons. The molecule has 0 rings (SSSR count). The van der Waals surface area contributed by atoms with E-state index in [1.807, 2.05) is 6.92 Å². The van der Waals surface area contributed by atoms with E-state index in [1.165, 1.54) is 0 Å². The molecule has 0 heterocycles. The molecule has 0 aromatic rings. The minimum Gasteiger partial charge on any atom is -0.393 e. The van der Waals surface area contributed by atoms with Crippen molar-refractivity contribution in [3.05, 3.63) is 0 Å². The topological polar surface area (TPSA) is 55.5 Å². The van der Waals surface area contributed by atoms with Crippen molar-refractivity contribution in [3.63, 3.8) is 0 Å². The van der Waals surface area contributed by atoms with Gasteiger partial charge in [-0.05, 0) is 38.1 Å². The van der Waals surface area contributed by atoms with Gasteiger partial charge >= 0.3 is 0 Å². The molecular formula is C11H25NO2. The molecule has 0 aromatic carbocycles. The Labute approximate surface area is 87.6 Å². The standard InChI is InChI=1S/C11H25NO2/c1-4-14-6-5-11(13)10(8-12)7-9(2)3/h9-11,13H,4-8,12H2,1-3H3. The molecule has 0 aliphatic carbocycles. The zero-order valence-electron chi connectivity index (χ0n) is 9.70. The van der Waals surface area contributed by atoms with Gasteiger partial charge in [0.2, 0.25) is 0 Å². The highest BCUT2D eigenvalue weighted by atomic mass is 16.5. The van der Waals surface area contributed by atoms with Gasteiger partial charge in [0, 0.05) is 13.2 Å². The van der Waals surface area contributed by atoms with E-state index < -0.39 is 0 Å². The van der Waals surface area contributed by atoms with E-state index in [1.54, 1.807) is 0 Å². The fourth-order valence-corrected chi connectivity index (χ4v) is 1.60. The summed E-state index contributed by atoms with van der Waals surface area (Å²) in [5.41, 5.74) is 5.63. The first-order valence-corrected chi connectivity index (χ1v) is 5.57. The molecule has 0 spiro atoms. The molecule has 0 fully saturated rings. The van der Waals surface area contributed by atoms with Crippen LogP contribution in [-0.4, -0.2) is 31.0 Å². The van der Waals surface area contributed by atoms with Gasteiger partial charge in [0.15, 0.2) is 0 Å². The monoisotopic (exact) mass is 203 g/mol. The van der Waals surface area contributed by atoms with Gasteiger partial charge < -0.3 is 15.6 Å². The van der Waals surface area contributed by atoms with Crippen LogP contribution in [0.25, 0.3) is 0 Å². The molecule has 0 aromatic heterocycles. The molecule has 2 unspecified atom stereocenters. The second-order valence-corrected chi connectivity index (χ2v) is 4.18. The first-order chi connectivity index (χ1) is 6.61. The van der Waals surface area contributed by atoms with Gasteiger partial charge in [-0.2, -0.15) is 0 Å². The Kier molecular flexibility index (Phi) is 8.14. The third kappa shape index (κ3) is 6.35. The first-order valence-electron chi connectivity index (χ1n) is 5.57. The van der Waals surface area contributed by atoms with Gasteiger partial charge in [-0.25, -0.2) is 0 Å². The van der Waals surface area contributed by atoms with E-state index in [4.69, 9.17) is 10.5 Å². The Bertz CT molecular complexity index is 128. The van der Waals surface area contributed by atoms with Crippen molar-refractivity contribution in [3.8, 4) is 0 Å². The SMILES string of the molecule is CCOCCC(O)C(CN)CC(C)C. The van der Waals surface area contributed by atoms with Gasteiger partial charge in [-0.15, -0.1) is 0 Å². The molecule has 0 aliphatic heterocycles. The maximum atomic E-state index is 9.82. The Morgan fingerprint density at radius 3 is 2.43 bits per heavy atom. The summed E-state index contributed by atoms with van der Waals surface area (Å²) in [6.07, 6.45) is 1.38. The lowest BCUT2D eigenvalue weighted by molar-refractivity contribution is 0.0502. The van der Waals surface area contributed by atoms with Gasteiger partial charge in [0.25, 0.3) is 0 Å². The molecule has 2 atom stereocenters. The highest BCUT2D eigenvalue weighted by Gasteiger charge is 2.18. The van der Waals surface area contributed by atoms with Crippen LogP contribution in [0.15, 0.2) is 0 Å².